The fourth-order valence-corrected chi connectivity index (χ4v) is 1.68. The van der Waals surface area contributed by atoms with Crippen molar-refractivity contribution in [1.82, 2.24) is 9.78 Å². The first kappa shape index (κ1) is 11.7. The molecule has 5 heteroatoms. The molecule has 2 N–H and O–H groups in total. The largest absolute Gasteiger partial charge is 0.479 e. The van der Waals surface area contributed by atoms with Crippen molar-refractivity contribution in [2.75, 3.05) is 0 Å². The van der Waals surface area contributed by atoms with Crippen LogP contribution in [0.25, 0.3) is 0 Å². The maximum atomic E-state index is 10.8. The predicted octanol–water partition coefficient (Wildman–Crippen LogP) is 0.452. The molecule has 1 unspecified atom stereocenters. The molecule has 1 rings (SSSR count). The molecule has 0 aliphatic heterocycles. The third kappa shape index (κ3) is 2.02. The van der Waals surface area contributed by atoms with E-state index in [-0.39, 0.29) is 0 Å². The first-order chi connectivity index (χ1) is 6.76. The molecule has 0 aliphatic rings. The van der Waals surface area contributed by atoms with Crippen LogP contribution in [0.2, 0.25) is 0 Å². The van der Waals surface area contributed by atoms with E-state index in [0.29, 0.717) is 5.69 Å². The van der Waals surface area contributed by atoms with E-state index in [0.717, 1.165) is 5.56 Å². The van der Waals surface area contributed by atoms with E-state index < -0.39 is 17.5 Å². The van der Waals surface area contributed by atoms with Crippen LogP contribution in [-0.4, -0.2) is 32.1 Å². The third-order valence-electron chi connectivity index (χ3n) is 2.54. The van der Waals surface area contributed by atoms with Gasteiger partial charge in [-0.3, -0.25) is 4.68 Å². The Morgan fingerprint density at radius 2 is 2.13 bits per heavy atom. The second-order valence-electron chi connectivity index (χ2n) is 4.30. The van der Waals surface area contributed by atoms with Gasteiger partial charge in [-0.1, -0.05) is 13.8 Å². The second-order valence-corrected chi connectivity index (χ2v) is 4.30. The quantitative estimate of drug-likeness (QED) is 0.762. The Balaban J connectivity index is 3.15. The number of carbonyl (C=O) groups is 1. The lowest BCUT2D eigenvalue weighted by atomic mass is 9.81. The van der Waals surface area contributed by atoms with Crippen LogP contribution < -0.4 is 0 Å². The van der Waals surface area contributed by atoms with Crippen LogP contribution in [0.1, 0.15) is 25.1 Å². The van der Waals surface area contributed by atoms with Gasteiger partial charge in [0.05, 0.1) is 5.69 Å². The zero-order valence-electron chi connectivity index (χ0n) is 9.35. The summed E-state index contributed by atoms with van der Waals surface area (Å²) in [6.07, 6.45) is 0.345. The molecule has 0 saturated carbocycles. The van der Waals surface area contributed by atoms with Gasteiger partial charge in [-0.05, 0) is 12.5 Å². The molecular formula is C10H16N2O3. The molecule has 0 fully saturated rings. The predicted molar refractivity (Wildman–Crippen MR) is 54.6 cm³/mol. The molecular weight excluding hydrogens is 196 g/mol. The van der Waals surface area contributed by atoms with Crippen LogP contribution in [0.5, 0.6) is 0 Å². The van der Waals surface area contributed by atoms with Gasteiger partial charge in [-0.2, -0.15) is 5.10 Å². The molecule has 0 spiro atoms. The van der Waals surface area contributed by atoms with Gasteiger partial charge in [0, 0.05) is 18.7 Å². The zero-order chi connectivity index (χ0) is 11.8. The number of carboxylic acid groups (broad SMARTS) is 1. The van der Waals surface area contributed by atoms with Gasteiger partial charge in [-0.25, -0.2) is 4.79 Å². The van der Waals surface area contributed by atoms with E-state index in [2.05, 4.69) is 5.10 Å². The van der Waals surface area contributed by atoms with Crippen molar-refractivity contribution >= 4 is 5.97 Å². The number of aliphatic hydroxyl groups excluding tert-OH is 1. The molecule has 84 valence electrons. The van der Waals surface area contributed by atoms with Gasteiger partial charge in [0.2, 0.25) is 0 Å². The van der Waals surface area contributed by atoms with Crippen molar-refractivity contribution in [2.24, 2.45) is 7.05 Å². The van der Waals surface area contributed by atoms with Gasteiger partial charge in [-0.15, -0.1) is 0 Å². The lowest BCUT2D eigenvalue weighted by molar-refractivity contribution is -0.150. The fraction of sp³-hybridized carbons (Fsp3) is 0.600. The van der Waals surface area contributed by atoms with Crippen molar-refractivity contribution < 1.29 is 15.0 Å². The number of hydrogen-bond acceptors (Lipinski definition) is 3. The average molecular weight is 212 g/mol. The summed E-state index contributed by atoms with van der Waals surface area (Å²) in [7, 11) is 1.76. The number of nitrogens with zero attached hydrogens (tertiary/aromatic N) is 2. The highest BCUT2D eigenvalue weighted by atomic mass is 16.4. The van der Waals surface area contributed by atoms with Crippen LogP contribution in [-0.2, 0) is 17.3 Å². The summed E-state index contributed by atoms with van der Waals surface area (Å²) in [6.45, 7) is 5.18. The van der Waals surface area contributed by atoms with Crippen molar-refractivity contribution in [1.29, 1.82) is 0 Å². The molecule has 0 amide bonds. The number of hydrogen-bond donors (Lipinski definition) is 2. The first-order valence-corrected chi connectivity index (χ1v) is 4.68. The normalized spacial score (nSPS) is 13.9. The van der Waals surface area contributed by atoms with E-state index in [1.54, 1.807) is 31.8 Å². The Hall–Kier alpha value is -1.36. The van der Waals surface area contributed by atoms with Gasteiger partial charge < -0.3 is 10.2 Å². The Bertz CT molecular complexity index is 382. The molecule has 1 aromatic rings. The maximum absolute atomic E-state index is 10.8. The van der Waals surface area contributed by atoms with Crippen molar-refractivity contribution in [2.45, 2.75) is 32.3 Å². The molecule has 5 nitrogen and oxygen atoms in total. The van der Waals surface area contributed by atoms with Crippen molar-refractivity contribution in [3.05, 3.63) is 17.5 Å². The summed E-state index contributed by atoms with van der Waals surface area (Å²) in [6, 6.07) is 0. The molecule has 0 saturated heterocycles. The van der Waals surface area contributed by atoms with Crippen molar-refractivity contribution in [3.8, 4) is 0 Å². The number of carboxylic acids is 1. The topological polar surface area (TPSA) is 75.3 Å². The van der Waals surface area contributed by atoms with Crippen LogP contribution in [0.3, 0.4) is 0 Å². The monoisotopic (exact) mass is 212 g/mol. The highest BCUT2D eigenvalue weighted by Gasteiger charge is 2.38. The lowest BCUT2D eigenvalue weighted by Gasteiger charge is -2.26. The van der Waals surface area contributed by atoms with E-state index in [1.165, 1.54) is 0 Å². The molecule has 1 aromatic heterocycles. The third-order valence-corrected chi connectivity index (χ3v) is 2.54. The molecule has 0 aromatic carbocycles. The standard InChI is InChI=1S/C10H16N2O3/c1-6-5-12(4)11-7(6)10(2,3)8(13)9(14)15/h5,8,13H,1-4H3,(H,14,15). The van der Waals surface area contributed by atoms with Crippen LogP contribution >= 0.6 is 0 Å². The summed E-state index contributed by atoms with van der Waals surface area (Å²) in [5.41, 5.74) is 0.597. The minimum absolute atomic E-state index is 0.611. The van der Waals surface area contributed by atoms with E-state index >= 15 is 0 Å². The molecule has 1 heterocycles. The summed E-state index contributed by atoms with van der Waals surface area (Å²) in [5, 5.41) is 22.6. The van der Waals surface area contributed by atoms with Crippen LogP contribution in [0, 0.1) is 6.92 Å². The Labute approximate surface area is 88.3 Å². The Morgan fingerprint density at radius 3 is 2.47 bits per heavy atom. The molecule has 0 radical (unpaired) electrons. The van der Waals surface area contributed by atoms with Gasteiger partial charge in [0.1, 0.15) is 0 Å². The zero-order valence-corrected chi connectivity index (χ0v) is 9.35. The number of aryl methyl sites for hydroxylation is 2. The Morgan fingerprint density at radius 1 is 1.60 bits per heavy atom. The summed E-state index contributed by atoms with van der Waals surface area (Å²) >= 11 is 0. The van der Waals surface area contributed by atoms with E-state index in [9.17, 15) is 9.90 Å². The van der Waals surface area contributed by atoms with Crippen LogP contribution in [0.15, 0.2) is 6.20 Å². The second kappa shape index (κ2) is 3.66. The lowest BCUT2D eigenvalue weighted by Crippen LogP contribution is -2.40. The first-order valence-electron chi connectivity index (χ1n) is 4.68. The summed E-state index contributed by atoms with van der Waals surface area (Å²) in [4.78, 5) is 10.8. The number of aliphatic carboxylic acids is 1. The van der Waals surface area contributed by atoms with Crippen LogP contribution in [0.4, 0.5) is 0 Å². The smallest absolute Gasteiger partial charge is 0.333 e. The summed E-state index contributed by atoms with van der Waals surface area (Å²) < 4.78 is 1.61. The van der Waals surface area contributed by atoms with Gasteiger partial charge in [0.25, 0.3) is 0 Å². The highest BCUT2D eigenvalue weighted by molar-refractivity contribution is 5.74. The van der Waals surface area contributed by atoms with E-state index in [4.69, 9.17) is 5.11 Å². The summed E-state index contributed by atoms with van der Waals surface area (Å²) in [5.74, 6) is -1.23. The average Bonchev–Trinajstić information content (AvgIpc) is 2.44. The fourth-order valence-electron chi connectivity index (χ4n) is 1.68. The molecule has 0 bridgehead atoms. The molecule has 15 heavy (non-hydrogen) atoms. The highest BCUT2D eigenvalue weighted by Crippen LogP contribution is 2.28. The van der Waals surface area contributed by atoms with E-state index in [1.807, 2.05) is 6.92 Å². The van der Waals surface area contributed by atoms with Crippen molar-refractivity contribution in [3.63, 3.8) is 0 Å². The number of rotatable bonds is 3. The molecule has 1 atom stereocenters. The van der Waals surface area contributed by atoms with Gasteiger partial charge >= 0.3 is 5.97 Å². The SMILES string of the molecule is Cc1cn(C)nc1C(C)(C)C(O)C(=O)O. The minimum atomic E-state index is -1.45. The maximum Gasteiger partial charge on any atom is 0.333 e. The Kier molecular flexibility index (Phi) is 2.86. The number of aromatic nitrogens is 2. The van der Waals surface area contributed by atoms with Gasteiger partial charge in [0.15, 0.2) is 6.10 Å². The molecule has 0 aliphatic carbocycles. The number of aliphatic hydroxyl groups is 1. The minimum Gasteiger partial charge on any atom is -0.479 e.